The van der Waals surface area contributed by atoms with E-state index < -0.39 is 17.4 Å². The second kappa shape index (κ2) is 14.4. The minimum Gasteiger partial charge on any atom is -0.473 e. The molecule has 2 aromatic heterocycles. The van der Waals surface area contributed by atoms with Crippen LogP contribution in [0.2, 0.25) is 0 Å². The maximum Gasteiger partial charge on any atom is 0.357 e. The summed E-state index contributed by atoms with van der Waals surface area (Å²) < 4.78 is 30.9. The molecule has 3 aromatic rings. The van der Waals surface area contributed by atoms with Crippen molar-refractivity contribution >= 4 is 29.2 Å². The molecule has 12 heteroatoms. The minimum absolute atomic E-state index is 0.0131. The number of aromatic nitrogens is 2. The summed E-state index contributed by atoms with van der Waals surface area (Å²) in [6.45, 7) is 7.87. The Labute approximate surface area is 267 Å². The normalized spacial score (nSPS) is 16.1. The number of halogens is 1. The Hall–Kier alpha value is -5.02. The van der Waals surface area contributed by atoms with Crippen LogP contribution in [0.25, 0.3) is 0 Å². The number of nitriles is 1. The number of nitrogens with zero attached hydrogens (tertiary/aromatic N) is 4. The monoisotopic (exact) mass is 628 g/mol. The third-order valence-corrected chi connectivity index (χ3v) is 7.38. The Balaban J connectivity index is 1.18. The number of esters is 1. The zero-order valence-corrected chi connectivity index (χ0v) is 26.1. The van der Waals surface area contributed by atoms with E-state index in [2.05, 4.69) is 25.5 Å². The van der Waals surface area contributed by atoms with Gasteiger partial charge in [0.25, 0.3) is 0 Å². The van der Waals surface area contributed by atoms with Crippen molar-refractivity contribution in [3.63, 3.8) is 0 Å². The molecule has 4 heterocycles. The molecular formula is C34H37FN6O5. The second-order valence-corrected chi connectivity index (χ2v) is 12.1. The minimum atomic E-state index is -0.665. The first kappa shape index (κ1) is 32.4. The van der Waals surface area contributed by atoms with Gasteiger partial charge in [0.1, 0.15) is 23.8 Å². The molecule has 0 saturated carbocycles. The van der Waals surface area contributed by atoms with Crippen molar-refractivity contribution in [1.82, 2.24) is 9.97 Å². The molecule has 1 atom stereocenters. The highest BCUT2D eigenvalue weighted by atomic mass is 19.1. The van der Waals surface area contributed by atoms with Crippen LogP contribution in [0.5, 0.6) is 5.88 Å². The van der Waals surface area contributed by atoms with Crippen LogP contribution >= 0.6 is 0 Å². The standard InChI is InChI=1S/C34H37FN6O5/c1-34(2,3)46-33(43)28-10-9-27(32(39-28)37-20-25-13-16-44-25)38-30(42)18-22-11-14-41(15-12-22)29-5-4-6-31(40-29)45-21-24-8-7-23(19-36)17-26(24)35/h4-10,17-18,25H,11-16,20-21H2,1-3H3,(H,37,39)(H,38,42)/t25-/m0/s1. The van der Waals surface area contributed by atoms with Crippen LogP contribution in [0.15, 0.2) is 60.2 Å². The maximum atomic E-state index is 14.2. The van der Waals surface area contributed by atoms with E-state index in [1.165, 1.54) is 18.2 Å². The quantitative estimate of drug-likeness (QED) is 0.222. The smallest absolute Gasteiger partial charge is 0.357 e. The molecule has 2 aliphatic rings. The Morgan fingerprint density at radius 3 is 2.61 bits per heavy atom. The Kier molecular flexibility index (Phi) is 10.1. The largest absolute Gasteiger partial charge is 0.473 e. The molecule has 2 aliphatic heterocycles. The molecule has 1 amide bonds. The van der Waals surface area contributed by atoms with E-state index in [1.54, 1.807) is 45.0 Å². The van der Waals surface area contributed by atoms with E-state index in [4.69, 9.17) is 19.5 Å². The van der Waals surface area contributed by atoms with E-state index in [0.29, 0.717) is 62.0 Å². The molecular weight excluding hydrogens is 591 g/mol. The third kappa shape index (κ3) is 8.79. The third-order valence-electron chi connectivity index (χ3n) is 7.38. The fraction of sp³-hybridized carbons (Fsp3) is 0.382. The van der Waals surface area contributed by atoms with E-state index >= 15 is 0 Å². The molecule has 0 bridgehead atoms. The predicted octanol–water partition coefficient (Wildman–Crippen LogP) is 5.39. The first-order chi connectivity index (χ1) is 22.1. The van der Waals surface area contributed by atoms with E-state index in [1.807, 2.05) is 18.2 Å². The van der Waals surface area contributed by atoms with Crippen molar-refractivity contribution in [3.05, 3.63) is 82.8 Å². The lowest BCUT2D eigenvalue weighted by atomic mass is 10.0. The van der Waals surface area contributed by atoms with Crippen LogP contribution in [-0.2, 0) is 20.9 Å². The summed E-state index contributed by atoms with van der Waals surface area (Å²) in [6, 6.07) is 14.8. The summed E-state index contributed by atoms with van der Waals surface area (Å²) in [5, 5.41) is 15.0. The molecule has 11 nitrogen and oxygen atoms in total. The summed E-state index contributed by atoms with van der Waals surface area (Å²) >= 11 is 0. The number of pyridine rings is 2. The lowest BCUT2D eigenvalue weighted by Gasteiger charge is -2.29. The second-order valence-electron chi connectivity index (χ2n) is 12.1. The number of piperidine rings is 1. The number of rotatable bonds is 10. The zero-order chi connectivity index (χ0) is 32.7. The maximum absolute atomic E-state index is 14.2. The van der Waals surface area contributed by atoms with Crippen molar-refractivity contribution in [1.29, 1.82) is 5.26 Å². The number of nitrogens with one attached hydrogen (secondary N) is 2. The lowest BCUT2D eigenvalue weighted by Crippen LogP contribution is -2.34. The van der Waals surface area contributed by atoms with Crippen molar-refractivity contribution in [2.45, 2.75) is 58.3 Å². The number of carbonyl (C=O) groups is 2. The summed E-state index contributed by atoms with van der Waals surface area (Å²) in [5.41, 5.74) is 1.50. The van der Waals surface area contributed by atoms with Gasteiger partial charge in [-0.2, -0.15) is 10.2 Å². The number of ether oxygens (including phenoxy) is 3. The predicted molar refractivity (Wildman–Crippen MR) is 170 cm³/mol. The van der Waals surface area contributed by atoms with Crippen LogP contribution < -0.4 is 20.3 Å². The lowest BCUT2D eigenvalue weighted by molar-refractivity contribution is -0.112. The van der Waals surface area contributed by atoms with Crippen molar-refractivity contribution in [2.75, 3.05) is 41.8 Å². The molecule has 46 heavy (non-hydrogen) atoms. The average molecular weight is 629 g/mol. The Morgan fingerprint density at radius 2 is 1.93 bits per heavy atom. The zero-order valence-electron chi connectivity index (χ0n) is 26.1. The highest BCUT2D eigenvalue weighted by molar-refractivity contribution is 6.02. The summed E-state index contributed by atoms with van der Waals surface area (Å²) in [6.07, 6.45) is 3.91. The van der Waals surface area contributed by atoms with Crippen LogP contribution in [0.1, 0.15) is 61.6 Å². The van der Waals surface area contributed by atoms with Crippen molar-refractivity contribution < 1.29 is 28.2 Å². The number of hydrogen-bond acceptors (Lipinski definition) is 10. The van der Waals surface area contributed by atoms with Crippen LogP contribution in [-0.4, -0.2) is 59.8 Å². The highest BCUT2D eigenvalue weighted by Crippen LogP contribution is 2.26. The topological polar surface area (TPSA) is 139 Å². The van der Waals surface area contributed by atoms with Crippen molar-refractivity contribution in [3.8, 4) is 11.9 Å². The Morgan fingerprint density at radius 1 is 1.15 bits per heavy atom. The first-order valence-corrected chi connectivity index (χ1v) is 15.2. The van der Waals surface area contributed by atoms with Gasteiger partial charge in [-0.15, -0.1) is 0 Å². The summed E-state index contributed by atoms with van der Waals surface area (Å²) in [4.78, 5) is 36.8. The van der Waals surface area contributed by atoms with Gasteiger partial charge < -0.3 is 29.7 Å². The number of carbonyl (C=O) groups excluding carboxylic acids is 2. The van der Waals surface area contributed by atoms with E-state index in [0.717, 1.165) is 17.8 Å². The Bertz CT molecular complexity index is 1650. The number of benzene rings is 1. The van der Waals surface area contributed by atoms with Crippen LogP contribution in [0, 0.1) is 17.1 Å². The summed E-state index contributed by atoms with van der Waals surface area (Å²) in [5.74, 6) is 0.121. The van der Waals surface area contributed by atoms with Crippen molar-refractivity contribution in [2.24, 2.45) is 0 Å². The molecule has 0 aliphatic carbocycles. The van der Waals surface area contributed by atoms with Gasteiger partial charge in [-0.05, 0) is 70.4 Å². The molecule has 2 N–H and O–H groups in total. The molecule has 5 rings (SSSR count). The van der Waals surface area contributed by atoms with Gasteiger partial charge in [0.05, 0.1) is 23.4 Å². The van der Waals surface area contributed by atoms with Gasteiger partial charge >= 0.3 is 5.97 Å². The van der Waals surface area contributed by atoms with Crippen LogP contribution in [0.4, 0.5) is 21.7 Å². The van der Waals surface area contributed by atoms with E-state index in [9.17, 15) is 14.0 Å². The van der Waals surface area contributed by atoms with Gasteiger partial charge in [-0.3, -0.25) is 4.79 Å². The van der Waals surface area contributed by atoms with Crippen LogP contribution in [0.3, 0.4) is 0 Å². The number of hydrogen-bond donors (Lipinski definition) is 2. The highest BCUT2D eigenvalue weighted by Gasteiger charge is 2.23. The summed E-state index contributed by atoms with van der Waals surface area (Å²) in [7, 11) is 0. The van der Waals surface area contributed by atoms with Gasteiger partial charge in [0.15, 0.2) is 11.5 Å². The SMILES string of the molecule is CC(C)(C)OC(=O)c1ccc(NC(=O)C=C2CCN(c3cccc(OCc4ccc(C#N)cc4F)n3)CC2)c(NC[C@@H]2CCO2)n1. The molecule has 1 aromatic carbocycles. The molecule has 240 valence electrons. The molecule has 0 spiro atoms. The van der Waals surface area contributed by atoms with Gasteiger partial charge in [0.2, 0.25) is 11.8 Å². The fourth-order valence-electron chi connectivity index (χ4n) is 4.86. The molecule has 0 unspecified atom stereocenters. The van der Waals surface area contributed by atoms with E-state index in [-0.39, 0.29) is 29.9 Å². The van der Waals surface area contributed by atoms with Gasteiger partial charge in [0, 0.05) is 43.9 Å². The fourth-order valence-corrected chi connectivity index (χ4v) is 4.86. The van der Waals surface area contributed by atoms with Gasteiger partial charge in [-0.1, -0.05) is 17.7 Å². The molecule has 2 saturated heterocycles. The van der Waals surface area contributed by atoms with Gasteiger partial charge in [-0.25, -0.2) is 14.2 Å². The average Bonchev–Trinajstić information content (AvgIpc) is 3.00. The number of anilines is 3. The molecule has 0 radical (unpaired) electrons. The molecule has 2 fully saturated rings. The first-order valence-electron chi connectivity index (χ1n) is 15.2. The number of amides is 1.